The maximum Gasteiger partial charge on any atom is 0.248 e. The van der Waals surface area contributed by atoms with E-state index in [1.807, 2.05) is 36.4 Å². The fraction of sp³-hybridized carbons (Fsp3) is 0.357. The van der Waals surface area contributed by atoms with E-state index in [9.17, 15) is 4.79 Å². The molecule has 5 nitrogen and oxygen atoms in total. The SMILES string of the molecule is NC(=O)c1ccccc1C1C2CCCC1CN(CCc1ccc(-c3cccc(N)n3)cc1)C2. The molecule has 0 radical (unpaired) electrons. The highest BCUT2D eigenvalue weighted by Crippen LogP contribution is 2.46. The van der Waals surface area contributed by atoms with Gasteiger partial charge in [0.25, 0.3) is 0 Å². The average molecular weight is 441 g/mol. The molecule has 1 amide bonds. The van der Waals surface area contributed by atoms with Crippen molar-refractivity contribution in [1.82, 2.24) is 9.88 Å². The number of carbonyl (C=O) groups is 1. The number of piperidine rings is 1. The van der Waals surface area contributed by atoms with Gasteiger partial charge in [-0.3, -0.25) is 4.79 Å². The van der Waals surface area contributed by atoms with E-state index in [4.69, 9.17) is 11.5 Å². The number of amides is 1. The number of hydrogen-bond acceptors (Lipinski definition) is 4. The molecule has 2 atom stereocenters. The molecule has 5 rings (SSSR count). The average Bonchev–Trinajstić information content (AvgIpc) is 2.82. The number of rotatable bonds is 6. The van der Waals surface area contributed by atoms with Gasteiger partial charge in [-0.15, -0.1) is 0 Å². The lowest BCUT2D eigenvalue weighted by atomic mass is 9.65. The fourth-order valence-electron chi connectivity index (χ4n) is 5.98. The number of primary amides is 1. The molecule has 2 aliphatic rings. The van der Waals surface area contributed by atoms with E-state index in [1.165, 1.54) is 30.4 Å². The molecule has 1 saturated carbocycles. The Kier molecular flexibility index (Phi) is 6.14. The zero-order valence-corrected chi connectivity index (χ0v) is 19.0. The molecule has 4 N–H and O–H groups in total. The first-order valence-electron chi connectivity index (χ1n) is 12.0. The van der Waals surface area contributed by atoms with Gasteiger partial charge in [0, 0.05) is 30.8 Å². The first kappa shape index (κ1) is 21.7. The van der Waals surface area contributed by atoms with Crippen molar-refractivity contribution in [1.29, 1.82) is 0 Å². The molecule has 2 bridgehead atoms. The summed E-state index contributed by atoms with van der Waals surface area (Å²) in [5, 5.41) is 0. The van der Waals surface area contributed by atoms with Crippen LogP contribution in [0.5, 0.6) is 0 Å². The number of likely N-dealkylation sites (tertiary alicyclic amines) is 1. The summed E-state index contributed by atoms with van der Waals surface area (Å²) in [5.41, 5.74) is 16.8. The minimum absolute atomic E-state index is 0.303. The van der Waals surface area contributed by atoms with Gasteiger partial charge in [0.05, 0.1) is 5.69 Å². The second-order valence-corrected chi connectivity index (χ2v) is 9.58. The normalized spacial score (nSPS) is 22.7. The third-order valence-corrected chi connectivity index (χ3v) is 7.47. The van der Waals surface area contributed by atoms with Gasteiger partial charge in [-0.2, -0.15) is 0 Å². The van der Waals surface area contributed by atoms with Crippen molar-refractivity contribution in [3.8, 4) is 11.3 Å². The molecule has 1 aliphatic heterocycles. The van der Waals surface area contributed by atoms with Crippen LogP contribution in [0.4, 0.5) is 5.82 Å². The van der Waals surface area contributed by atoms with E-state index in [0.717, 1.165) is 37.3 Å². The Morgan fingerprint density at radius 3 is 2.36 bits per heavy atom. The molecule has 3 aromatic rings. The van der Waals surface area contributed by atoms with Crippen molar-refractivity contribution in [2.24, 2.45) is 17.6 Å². The number of hydrogen-bond donors (Lipinski definition) is 2. The van der Waals surface area contributed by atoms with Gasteiger partial charge in [0.2, 0.25) is 5.91 Å². The summed E-state index contributed by atoms with van der Waals surface area (Å²) in [6.07, 6.45) is 4.78. The fourth-order valence-corrected chi connectivity index (χ4v) is 5.98. The molecule has 1 aromatic heterocycles. The van der Waals surface area contributed by atoms with Crippen molar-refractivity contribution in [3.05, 3.63) is 83.4 Å². The van der Waals surface area contributed by atoms with Crippen molar-refractivity contribution < 1.29 is 4.79 Å². The first-order chi connectivity index (χ1) is 16.1. The zero-order valence-electron chi connectivity index (χ0n) is 19.0. The highest BCUT2D eigenvalue weighted by atomic mass is 16.1. The predicted octanol–water partition coefficient (Wildman–Crippen LogP) is 4.49. The Bertz CT molecular complexity index is 1110. The Balaban J connectivity index is 1.25. The molecule has 1 saturated heterocycles. The van der Waals surface area contributed by atoms with Crippen LogP contribution in [-0.4, -0.2) is 35.4 Å². The monoisotopic (exact) mass is 440 g/mol. The summed E-state index contributed by atoms with van der Waals surface area (Å²) in [6, 6.07) is 22.4. The third-order valence-electron chi connectivity index (χ3n) is 7.47. The summed E-state index contributed by atoms with van der Waals surface area (Å²) in [4.78, 5) is 19.1. The molecular formula is C28H32N4O. The van der Waals surface area contributed by atoms with Gasteiger partial charge in [0.1, 0.15) is 5.82 Å². The quantitative estimate of drug-likeness (QED) is 0.591. The maximum absolute atomic E-state index is 12.0. The second-order valence-electron chi connectivity index (χ2n) is 9.58. The molecule has 170 valence electrons. The Morgan fingerprint density at radius 1 is 0.939 bits per heavy atom. The van der Waals surface area contributed by atoms with Crippen LogP contribution < -0.4 is 11.5 Å². The van der Waals surface area contributed by atoms with Crippen LogP contribution in [0.15, 0.2) is 66.7 Å². The van der Waals surface area contributed by atoms with Crippen LogP contribution in [0.2, 0.25) is 0 Å². The number of fused-ring (bicyclic) bond motifs is 2. The van der Waals surface area contributed by atoms with E-state index in [0.29, 0.717) is 29.1 Å². The third kappa shape index (κ3) is 4.64. The molecule has 5 heteroatoms. The summed E-state index contributed by atoms with van der Waals surface area (Å²) in [7, 11) is 0. The molecule has 1 aliphatic carbocycles. The van der Waals surface area contributed by atoms with Crippen LogP contribution in [-0.2, 0) is 6.42 Å². The van der Waals surface area contributed by atoms with E-state index >= 15 is 0 Å². The number of nitrogen functional groups attached to an aromatic ring is 1. The predicted molar refractivity (Wildman–Crippen MR) is 133 cm³/mol. The van der Waals surface area contributed by atoms with Crippen molar-refractivity contribution in [3.63, 3.8) is 0 Å². The van der Waals surface area contributed by atoms with Gasteiger partial charge < -0.3 is 16.4 Å². The molecule has 2 fully saturated rings. The number of aromatic nitrogens is 1. The van der Waals surface area contributed by atoms with Crippen LogP contribution >= 0.6 is 0 Å². The standard InChI is InChI=1S/C28H32N4O/c29-26-10-4-9-25(31-26)20-13-11-19(12-14-20)15-16-32-17-21-5-3-6-22(18-32)27(21)23-7-1-2-8-24(23)28(30)33/h1-2,4,7-14,21-22,27H,3,5-6,15-18H2,(H2,29,31)(H2,30,33). The lowest BCUT2D eigenvalue weighted by molar-refractivity contribution is 0.0612. The minimum Gasteiger partial charge on any atom is -0.384 e. The number of carbonyl (C=O) groups excluding carboxylic acids is 1. The van der Waals surface area contributed by atoms with Crippen molar-refractivity contribution in [2.75, 3.05) is 25.4 Å². The van der Waals surface area contributed by atoms with E-state index < -0.39 is 0 Å². The Labute approximate surface area is 195 Å². The van der Waals surface area contributed by atoms with Gasteiger partial charge in [-0.1, -0.05) is 55.0 Å². The Morgan fingerprint density at radius 2 is 1.67 bits per heavy atom. The van der Waals surface area contributed by atoms with Crippen LogP contribution in [0.1, 0.15) is 46.7 Å². The van der Waals surface area contributed by atoms with Gasteiger partial charge >= 0.3 is 0 Å². The van der Waals surface area contributed by atoms with Crippen LogP contribution in [0.3, 0.4) is 0 Å². The maximum atomic E-state index is 12.0. The van der Waals surface area contributed by atoms with Gasteiger partial charge in [0.15, 0.2) is 0 Å². The minimum atomic E-state index is -0.303. The summed E-state index contributed by atoms with van der Waals surface area (Å²) >= 11 is 0. The summed E-state index contributed by atoms with van der Waals surface area (Å²) in [6.45, 7) is 3.26. The highest BCUT2D eigenvalue weighted by Gasteiger charge is 2.41. The number of nitrogens with two attached hydrogens (primary N) is 2. The Hall–Kier alpha value is -3.18. The smallest absolute Gasteiger partial charge is 0.248 e. The van der Waals surface area contributed by atoms with Gasteiger partial charge in [-0.25, -0.2) is 4.98 Å². The van der Waals surface area contributed by atoms with Crippen molar-refractivity contribution in [2.45, 2.75) is 31.6 Å². The van der Waals surface area contributed by atoms with Gasteiger partial charge in [-0.05, 0) is 66.3 Å². The summed E-state index contributed by atoms with van der Waals surface area (Å²) < 4.78 is 0. The topological polar surface area (TPSA) is 85.2 Å². The molecule has 33 heavy (non-hydrogen) atoms. The number of pyridine rings is 1. The molecule has 2 aromatic carbocycles. The highest BCUT2D eigenvalue weighted by molar-refractivity contribution is 5.94. The summed E-state index contributed by atoms with van der Waals surface area (Å²) in [5.74, 6) is 1.88. The van der Waals surface area contributed by atoms with E-state index in [2.05, 4.69) is 40.2 Å². The van der Waals surface area contributed by atoms with E-state index in [-0.39, 0.29) is 5.91 Å². The lowest BCUT2D eigenvalue weighted by Crippen LogP contribution is -2.48. The van der Waals surface area contributed by atoms with Crippen LogP contribution in [0.25, 0.3) is 11.3 Å². The number of benzene rings is 2. The van der Waals surface area contributed by atoms with E-state index in [1.54, 1.807) is 0 Å². The number of nitrogens with zero attached hydrogens (tertiary/aromatic N) is 2. The zero-order chi connectivity index (χ0) is 22.8. The second kappa shape index (κ2) is 9.36. The largest absolute Gasteiger partial charge is 0.384 e. The first-order valence-corrected chi connectivity index (χ1v) is 12.0. The van der Waals surface area contributed by atoms with Crippen LogP contribution in [0, 0.1) is 11.8 Å². The molecule has 2 unspecified atom stereocenters. The van der Waals surface area contributed by atoms with Crippen molar-refractivity contribution >= 4 is 11.7 Å². The molecule has 0 spiro atoms. The lowest BCUT2D eigenvalue weighted by Gasteiger charge is -2.48. The molecular weight excluding hydrogens is 408 g/mol. The number of anilines is 1. The molecule has 2 heterocycles.